The molecule has 0 radical (unpaired) electrons. The van der Waals surface area contributed by atoms with Gasteiger partial charge in [0.25, 0.3) is 0 Å². The van der Waals surface area contributed by atoms with Gasteiger partial charge < -0.3 is 5.73 Å². The number of aryl methyl sites for hydroxylation is 1. The number of rotatable bonds is 3. The largest absolute Gasteiger partial charge is 0.399 e. The average molecular weight is 246 g/mol. The van der Waals surface area contributed by atoms with E-state index >= 15 is 0 Å². The van der Waals surface area contributed by atoms with Crippen LogP contribution in [0.25, 0.3) is 0 Å². The molecule has 0 amide bonds. The SMILES string of the molecule is CC(=NNc1nc(C)cs1)c1ccc(N)cc1. The van der Waals surface area contributed by atoms with Gasteiger partial charge >= 0.3 is 0 Å². The van der Waals surface area contributed by atoms with E-state index in [1.807, 2.05) is 43.5 Å². The molecule has 0 aliphatic carbocycles. The fraction of sp³-hybridized carbons (Fsp3) is 0.167. The second-order valence-corrected chi connectivity index (χ2v) is 4.58. The Labute approximate surface area is 104 Å². The summed E-state index contributed by atoms with van der Waals surface area (Å²) in [6.45, 7) is 3.90. The lowest BCUT2D eigenvalue weighted by Crippen LogP contribution is -1.99. The predicted molar refractivity (Wildman–Crippen MR) is 73.5 cm³/mol. The van der Waals surface area contributed by atoms with Gasteiger partial charge in [0.2, 0.25) is 5.13 Å². The summed E-state index contributed by atoms with van der Waals surface area (Å²) in [6, 6.07) is 7.62. The van der Waals surface area contributed by atoms with Crippen molar-refractivity contribution in [2.75, 3.05) is 11.2 Å². The molecule has 0 bridgehead atoms. The molecule has 88 valence electrons. The van der Waals surface area contributed by atoms with Gasteiger partial charge in [0, 0.05) is 11.1 Å². The normalized spacial score (nSPS) is 11.5. The molecule has 0 atom stereocenters. The van der Waals surface area contributed by atoms with Gasteiger partial charge in [-0.25, -0.2) is 4.98 Å². The molecule has 1 heterocycles. The summed E-state index contributed by atoms with van der Waals surface area (Å²) >= 11 is 1.54. The molecule has 5 heteroatoms. The van der Waals surface area contributed by atoms with Crippen LogP contribution in [0.4, 0.5) is 10.8 Å². The van der Waals surface area contributed by atoms with Crippen LogP contribution < -0.4 is 11.2 Å². The standard InChI is InChI=1S/C12H14N4S/c1-8-7-17-12(14-8)16-15-9(2)10-3-5-11(13)6-4-10/h3-7H,13H2,1-2H3,(H,14,16). The van der Waals surface area contributed by atoms with Crippen molar-refractivity contribution in [3.05, 3.63) is 40.9 Å². The molecule has 4 nitrogen and oxygen atoms in total. The number of aromatic nitrogens is 1. The lowest BCUT2D eigenvalue weighted by molar-refractivity contribution is 1.21. The predicted octanol–water partition coefficient (Wildman–Crippen LogP) is 2.87. The summed E-state index contributed by atoms with van der Waals surface area (Å²) in [7, 11) is 0. The van der Waals surface area contributed by atoms with Crippen molar-refractivity contribution >= 4 is 27.9 Å². The van der Waals surface area contributed by atoms with Crippen LogP contribution in [0.5, 0.6) is 0 Å². The Bertz CT molecular complexity index is 528. The van der Waals surface area contributed by atoms with Crippen molar-refractivity contribution in [1.29, 1.82) is 0 Å². The summed E-state index contributed by atoms with van der Waals surface area (Å²) < 4.78 is 0. The molecule has 2 rings (SSSR count). The molecular formula is C12H14N4S. The second kappa shape index (κ2) is 4.97. The van der Waals surface area contributed by atoms with E-state index in [9.17, 15) is 0 Å². The maximum absolute atomic E-state index is 5.63. The first-order valence-corrected chi connectivity index (χ1v) is 6.11. The van der Waals surface area contributed by atoms with Crippen molar-refractivity contribution in [3.63, 3.8) is 0 Å². The molecule has 0 saturated heterocycles. The number of hydrogen-bond donors (Lipinski definition) is 2. The average Bonchev–Trinajstić information content (AvgIpc) is 2.73. The van der Waals surface area contributed by atoms with E-state index in [0.717, 1.165) is 27.8 Å². The molecule has 0 fully saturated rings. The van der Waals surface area contributed by atoms with E-state index in [0.29, 0.717) is 0 Å². The number of hydrazone groups is 1. The zero-order valence-corrected chi connectivity index (χ0v) is 10.6. The zero-order valence-electron chi connectivity index (χ0n) is 9.77. The third-order valence-corrected chi connectivity index (χ3v) is 3.13. The molecule has 0 unspecified atom stereocenters. The van der Waals surface area contributed by atoms with Crippen molar-refractivity contribution in [2.24, 2.45) is 5.10 Å². The maximum atomic E-state index is 5.63. The van der Waals surface area contributed by atoms with E-state index in [2.05, 4.69) is 15.5 Å². The molecule has 0 aliphatic rings. The first-order valence-electron chi connectivity index (χ1n) is 5.23. The lowest BCUT2D eigenvalue weighted by atomic mass is 10.1. The van der Waals surface area contributed by atoms with Crippen molar-refractivity contribution < 1.29 is 0 Å². The van der Waals surface area contributed by atoms with E-state index in [4.69, 9.17) is 5.73 Å². The van der Waals surface area contributed by atoms with Gasteiger partial charge in [-0.2, -0.15) is 5.10 Å². The highest BCUT2D eigenvalue weighted by Gasteiger charge is 1.99. The van der Waals surface area contributed by atoms with Crippen LogP contribution >= 0.6 is 11.3 Å². The van der Waals surface area contributed by atoms with Crippen LogP contribution in [0.3, 0.4) is 0 Å². The van der Waals surface area contributed by atoms with E-state index < -0.39 is 0 Å². The molecule has 17 heavy (non-hydrogen) atoms. The number of hydrogen-bond acceptors (Lipinski definition) is 5. The Hall–Kier alpha value is -1.88. The number of nitrogens with zero attached hydrogens (tertiary/aromatic N) is 2. The minimum Gasteiger partial charge on any atom is -0.399 e. The van der Waals surface area contributed by atoms with Crippen LogP contribution in [-0.2, 0) is 0 Å². The van der Waals surface area contributed by atoms with Crippen molar-refractivity contribution in [3.8, 4) is 0 Å². The number of nitrogen functional groups attached to an aromatic ring is 1. The number of thiazole rings is 1. The number of nitrogens with one attached hydrogen (secondary N) is 1. The molecule has 1 aromatic heterocycles. The van der Waals surface area contributed by atoms with Gasteiger partial charge in [-0.15, -0.1) is 11.3 Å². The van der Waals surface area contributed by atoms with Crippen LogP contribution in [0.2, 0.25) is 0 Å². The van der Waals surface area contributed by atoms with Crippen LogP contribution in [0.1, 0.15) is 18.2 Å². The summed E-state index contributed by atoms with van der Waals surface area (Å²) in [5.41, 5.74) is 12.3. The van der Waals surface area contributed by atoms with Gasteiger partial charge in [-0.05, 0) is 31.5 Å². The Morgan fingerprint density at radius 3 is 2.65 bits per heavy atom. The Morgan fingerprint density at radius 1 is 1.35 bits per heavy atom. The van der Waals surface area contributed by atoms with E-state index in [1.54, 1.807) is 0 Å². The monoisotopic (exact) mass is 246 g/mol. The number of anilines is 2. The highest BCUT2D eigenvalue weighted by molar-refractivity contribution is 7.13. The van der Waals surface area contributed by atoms with Gasteiger partial charge in [-0.3, -0.25) is 5.43 Å². The molecule has 0 spiro atoms. The lowest BCUT2D eigenvalue weighted by Gasteiger charge is -2.01. The maximum Gasteiger partial charge on any atom is 0.203 e. The molecule has 0 saturated carbocycles. The summed E-state index contributed by atoms with van der Waals surface area (Å²) in [5.74, 6) is 0. The van der Waals surface area contributed by atoms with Crippen LogP contribution in [0, 0.1) is 6.92 Å². The first-order chi connectivity index (χ1) is 8.15. The van der Waals surface area contributed by atoms with Crippen molar-refractivity contribution in [2.45, 2.75) is 13.8 Å². The van der Waals surface area contributed by atoms with Crippen molar-refractivity contribution in [1.82, 2.24) is 4.98 Å². The minimum absolute atomic E-state index is 0.755. The molecular weight excluding hydrogens is 232 g/mol. The Morgan fingerprint density at radius 2 is 2.06 bits per heavy atom. The highest BCUT2D eigenvalue weighted by atomic mass is 32.1. The van der Waals surface area contributed by atoms with Gasteiger partial charge in [0.1, 0.15) is 0 Å². The zero-order chi connectivity index (χ0) is 12.3. The number of nitrogens with two attached hydrogens (primary N) is 1. The van der Waals surface area contributed by atoms with Gasteiger partial charge in [-0.1, -0.05) is 12.1 Å². The fourth-order valence-electron chi connectivity index (χ4n) is 1.33. The van der Waals surface area contributed by atoms with E-state index in [1.165, 1.54) is 11.3 Å². The number of benzene rings is 1. The third-order valence-electron chi connectivity index (χ3n) is 2.27. The molecule has 1 aromatic carbocycles. The Balaban J connectivity index is 2.09. The van der Waals surface area contributed by atoms with E-state index in [-0.39, 0.29) is 0 Å². The topological polar surface area (TPSA) is 63.3 Å². The summed E-state index contributed by atoms with van der Waals surface area (Å²) in [6.07, 6.45) is 0. The molecule has 2 aromatic rings. The minimum atomic E-state index is 0.755. The first kappa shape index (κ1) is 11.6. The summed E-state index contributed by atoms with van der Waals surface area (Å²) in [4.78, 5) is 4.27. The highest BCUT2D eigenvalue weighted by Crippen LogP contribution is 2.14. The summed E-state index contributed by atoms with van der Waals surface area (Å²) in [5, 5.41) is 7.07. The van der Waals surface area contributed by atoms with Crippen LogP contribution in [-0.4, -0.2) is 10.7 Å². The second-order valence-electron chi connectivity index (χ2n) is 3.73. The molecule has 0 aliphatic heterocycles. The Kier molecular flexibility index (Phi) is 3.39. The third kappa shape index (κ3) is 3.04. The smallest absolute Gasteiger partial charge is 0.203 e. The van der Waals surface area contributed by atoms with Gasteiger partial charge in [0.15, 0.2) is 0 Å². The van der Waals surface area contributed by atoms with Crippen LogP contribution in [0.15, 0.2) is 34.7 Å². The molecule has 3 N–H and O–H groups in total. The fourth-order valence-corrected chi connectivity index (χ4v) is 1.96. The quantitative estimate of drug-likeness (QED) is 0.497. The van der Waals surface area contributed by atoms with Gasteiger partial charge in [0.05, 0.1) is 11.4 Å².